The molecule has 0 aromatic heterocycles. The molecule has 2 unspecified atom stereocenters. The molecule has 0 amide bonds. The van der Waals surface area contributed by atoms with Crippen LogP contribution in [0.4, 0.5) is 0 Å². The van der Waals surface area contributed by atoms with E-state index in [2.05, 4.69) is 26.7 Å². The van der Waals surface area contributed by atoms with Crippen LogP contribution in [0, 0.1) is 31.1 Å². The van der Waals surface area contributed by atoms with Crippen molar-refractivity contribution in [2.75, 3.05) is 0 Å². The van der Waals surface area contributed by atoms with Gasteiger partial charge in [0.25, 0.3) is 0 Å². The Hall–Kier alpha value is -0.440. The van der Waals surface area contributed by atoms with E-state index in [4.69, 9.17) is 6.42 Å². The summed E-state index contributed by atoms with van der Waals surface area (Å²) in [7, 11) is 0. The number of hydrogen-bond donors (Lipinski definition) is 0. The van der Waals surface area contributed by atoms with Gasteiger partial charge in [0.15, 0.2) is 0 Å². The highest BCUT2D eigenvalue weighted by Crippen LogP contribution is 2.15. The van der Waals surface area contributed by atoms with Crippen molar-refractivity contribution in [2.24, 2.45) is 11.8 Å². The summed E-state index contributed by atoms with van der Waals surface area (Å²) in [5, 5.41) is 0. The predicted octanol–water partition coefficient (Wildman–Crippen LogP) is 2.90. The SMILES string of the molecule is C#CCCCC(C)C([CH2])C. The first-order chi connectivity index (χ1) is 4.68. The number of terminal acetylenes is 1. The molecular formula is C10H17. The zero-order valence-corrected chi connectivity index (χ0v) is 7.06. The van der Waals surface area contributed by atoms with Crippen LogP contribution >= 0.6 is 0 Å². The standard InChI is InChI=1S/C10H17/c1-5-6-7-8-10(4)9(2)3/h1,9-10H,2,6-8H2,3-4H3. The van der Waals surface area contributed by atoms with Crippen molar-refractivity contribution in [3.63, 3.8) is 0 Å². The Morgan fingerprint density at radius 3 is 2.50 bits per heavy atom. The van der Waals surface area contributed by atoms with Crippen molar-refractivity contribution in [2.45, 2.75) is 33.1 Å². The van der Waals surface area contributed by atoms with Gasteiger partial charge in [-0.3, -0.25) is 0 Å². The van der Waals surface area contributed by atoms with E-state index < -0.39 is 0 Å². The molecule has 57 valence electrons. The van der Waals surface area contributed by atoms with E-state index in [0.29, 0.717) is 11.8 Å². The molecule has 0 N–H and O–H groups in total. The molecule has 0 fully saturated rings. The van der Waals surface area contributed by atoms with Gasteiger partial charge in [-0.15, -0.1) is 12.3 Å². The fourth-order valence-corrected chi connectivity index (χ4v) is 0.811. The summed E-state index contributed by atoms with van der Waals surface area (Å²) in [5.41, 5.74) is 0. The van der Waals surface area contributed by atoms with Crippen LogP contribution in [-0.4, -0.2) is 0 Å². The van der Waals surface area contributed by atoms with Crippen molar-refractivity contribution < 1.29 is 0 Å². The van der Waals surface area contributed by atoms with Crippen molar-refractivity contribution in [3.8, 4) is 12.3 Å². The van der Waals surface area contributed by atoms with Crippen molar-refractivity contribution >= 4 is 0 Å². The van der Waals surface area contributed by atoms with Gasteiger partial charge < -0.3 is 0 Å². The molecule has 0 saturated carbocycles. The van der Waals surface area contributed by atoms with Gasteiger partial charge in [-0.1, -0.05) is 20.8 Å². The molecule has 0 saturated heterocycles. The first-order valence-electron chi connectivity index (χ1n) is 3.95. The Bertz CT molecular complexity index is 106. The van der Waals surface area contributed by atoms with E-state index >= 15 is 0 Å². The number of rotatable bonds is 4. The van der Waals surface area contributed by atoms with Crippen LogP contribution < -0.4 is 0 Å². The van der Waals surface area contributed by atoms with E-state index in [1.54, 1.807) is 0 Å². The molecule has 0 aromatic carbocycles. The Morgan fingerprint density at radius 1 is 1.50 bits per heavy atom. The zero-order chi connectivity index (χ0) is 7.98. The highest BCUT2D eigenvalue weighted by molar-refractivity contribution is 4.83. The van der Waals surface area contributed by atoms with Gasteiger partial charge in [-0.2, -0.15) is 0 Å². The maximum absolute atomic E-state index is 5.13. The Labute approximate surface area is 65.0 Å². The summed E-state index contributed by atoms with van der Waals surface area (Å²) in [4.78, 5) is 0. The molecule has 0 nitrogen and oxygen atoms in total. The van der Waals surface area contributed by atoms with Gasteiger partial charge in [0.05, 0.1) is 0 Å². The Kier molecular flexibility index (Phi) is 5.12. The lowest BCUT2D eigenvalue weighted by atomic mass is 9.93. The lowest BCUT2D eigenvalue weighted by Gasteiger charge is -2.13. The van der Waals surface area contributed by atoms with Crippen molar-refractivity contribution in [1.29, 1.82) is 0 Å². The average Bonchev–Trinajstić information content (AvgIpc) is 1.88. The molecule has 0 heteroatoms. The fraction of sp³-hybridized carbons (Fsp3) is 0.700. The number of unbranched alkanes of at least 4 members (excludes halogenated alkanes) is 1. The molecule has 1 radical (unpaired) electrons. The van der Waals surface area contributed by atoms with Crippen LogP contribution in [0.15, 0.2) is 0 Å². The molecule has 10 heavy (non-hydrogen) atoms. The van der Waals surface area contributed by atoms with Gasteiger partial charge in [0, 0.05) is 6.42 Å². The van der Waals surface area contributed by atoms with Gasteiger partial charge in [0.2, 0.25) is 0 Å². The van der Waals surface area contributed by atoms with Crippen LogP contribution in [0.3, 0.4) is 0 Å². The normalized spacial score (nSPS) is 13.1. The summed E-state index contributed by atoms with van der Waals surface area (Å²) in [5.74, 6) is 3.91. The summed E-state index contributed by atoms with van der Waals surface area (Å²) in [6, 6.07) is 0. The van der Waals surface area contributed by atoms with Gasteiger partial charge >= 0.3 is 0 Å². The Morgan fingerprint density at radius 2 is 2.10 bits per heavy atom. The van der Waals surface area contributed by atoms with Crippen LogP contribution in [0.2, 0.25) is 0 Å². The molecule has 0 spiro atoms. The molecular weight excluding hydrogens is 120 g/mol. The molecule has 0 heterocycles. The maximum Gasteiger partial charge on any atom is 0.00861 e. The average molecular weight is 137 g/mol. The van der Waals surface area contributed by atoms with Gasteiger partial charge in [0.1, 0.15) is 0 Å². The van der Waals surface area contributed by atoms with E-state index in [1.165, 1.54) is 6.42 Å². The topological polar surface area (TPSA) is 0 Å². The van der Waals surface area contributed by atoms with Gasteiger partial charge in [-0.25, -0.2) is 0 Å². The first kappa shape index (κ1) is 9.56. The maximum atomic E-state index is 5.13. The molecule has 0 aliphatic carbocycles. The lowest BCUT2D eigenvalue weighted by molar-refractivity contribution is 0.416. The minimum atomic E-state index is 0.553. The fourth-order valence-electron chi connectivity index (χ4n) is 0.811. The monoisotopic (exact) mass is 137 g/mol. The molecule has 2 atom stereocenters. The summed E-state index contributed by atoms with van der Waals surface area (Å²) in [6.07, 6.45) is 8.41. The van der Waals surface area contributed by atoms with E-state index in [9.17, 15) is 0 Å². The Balaban J connectivity index is 3.23. The highest BCUT2D eigenvalue weighted by atomic mass is 14.1. The zero-order valence-electron chi connectivity index (χ0n) is 7.06. The third-order valence-corrected chi connectivity index (χ3v) is 1.95. The molecule has 0 aliphatic heterocycles. The molecule has 0 aromatic rings. The summed E-state index contributed by atoms with van der Waals surface area (Å²) < 4.78 is 0. The largest absolute Gasteiger partial charge is 0.120 e. The minimum Gasteiger partial charge on any atom is -0.120 e. The van der Waals surface area contributed by atoms with Crippen molar-refractivity contribution in [1.82, 2.24) is 0 Å². The van der Waals surface area contributed by atoms with E-state index in [0.717, 1.165) is 12.8 Å². The molecule has 0 rings (SSSR count). The molecule has 0 aliphatic rings. The van der Waals surface area contributed by atoms with Crippen LogP contribution in [0.25, 0.3) is 0 Å². The smallest absolute Gasteiger partial charge is 0.00861 e. The quantitative estimate of drug-likeness (QED) is 0.413. The van der Waals surface area contributed by atoms with E-state index in [1.807, 2.05) is 0 Å². The highest BCUT2D eigenvalue weighted by Gasteiger charge is 2.04. The number of hydrogen-bond acceptors (Lipinski definition) is 0. The van der Waals surface area contributed by atoms with Crippen molar-refractivity contribution in [3.05, 3.63) is 6.92 Å². The van der Waals surface area contributed by atoms with E-state index in [-0.39, 0.29) is 0 Å². The summed E-state index contributed by atoms with van der Waals surface area (Å²) >= 11 is 0. The van der Waals surface area contributed by atoms with Gasteiger partial charge in [-0.05, 0) is 24.7 Å². The van der Waals surface area contributed by atoms with Crippen LogP contribution in [0.5, 0.6) is 0 Å². The minimum absolute atomic E-state index is 0.553. The second-order valence-electron chi connectivity index (χ2n) is 3.05. The van der Waals surface area contributed by atoms with Crippen LogP contribution in [-0.2, 0) is 0 Å². The second kappa shape index (κ2) is 5.35. The van der Waals surface area contributed by atoms with Crippen LogP contribution in [0.1, 0.15) is 33.1 Å². The third-order valence-electron chi connectivity index (χ3n) is 1.95. The first-order valence-corrected chi connectivity index (χ1v) is 3.95. The summed E-state index contributed by atoms with van der Waals surface area (Å²) in [6.45, 7) is 8.35. The lowest BCUT2D eigenvalue weighted by Crippen LogP contribution is -2.03. The predicted molar refractivity (Wildman–Crippen MR) is 46.4 cm³/mol. The molecule has 0 bridgehead atoms. The second-order valence-corrected chi connectivity index (χ2v) is 3.05. The third kappa shape index (κ3) is 4.44.